The summed E-state index contributed by atoms with van der Waals surface area (Å²) in [5.74, 6) is 0.169. The molecule has 9 heteroatoms. The summed E-state index contributed by atoms with van der Waals surface area (Å²) in [6, 6.07) is 3.46. The average molecular weight is 580 g/mol. The summed E-state index contributed by atoms with van der Waals surface area (Å²) in [6.07, 6.45) is 23.1. The zero-order chi connectivity index (χ0) is 30.4. The maximum absolute atomic E-state index is 11.6. The van der Waals surface area contributed by atoms with E-state index in [0.29, 0.717) is 13.0 Å². The molecule has 0 aliphatic rings. The highest BCUT2D eigenvalue weighted by molar-refractivity contribution is 5.95. The van der Waals surface area contributed by atoms with E-state index in [4.69, 9.17) is 15.2 Å². The Hall–Kier alpha value is -2.68. The van der Waals surface area contributed by atoms with Crippen LogP contribution in [0.15, 0.2) is 24.5 Å². The van der Waals surface area contributed by atoms with E-state index in [2.05, 4.69) is 22.0 Å². The Bertz CT molecular complexity index is 763. The second kappa shape index (κ2) is 28.8. The van der Waals surface area contributed by atoms with Gasteiger partial charge in [0.25, 0.3) is 0 Å². The monoisotopic (exact) mass is 579 g/mol. The topological polar surface area (TPSA) is 130 Å². The van der Waals surface area contributed by atoms with Crippen LogP contribution in [0.2, 0.25) is 0 Å². The van der Waals surface area contributed by atoms with Crippen LogP contribution < -0.4 is 11.1 Å². The molecule has 1 aromatic heterocycles. The molecule has 0 aromatic carbocycles. The Kier molecular flexibility index (Phi) is 26.9. The molecule has 1 aromatic rings. The van der Waals surface area contributed by atoms with Crippen molar-refractivity contribution in [2.75, 3.05) is 26.9 Å². The van der Waals surface area contributed by atoms with Gasteiger partial charge in [-0.25, -0.2) is 9.59 Å². The normalized spacial score (nSPS) is 11.2. The van der Waals surface area contributed by atoms with E-state index < -0.39 is 18.3 Å². The van der Waals surface area contributed by atoms with Gasteiger partial charge in [-0.2, -0.15) is 0 Å². The fourth-order valence-corrected chi connectivity index (χ4v) is 4.18. The van der Waals surface area contributed by atoms with Crippen LogP contribution in [0.3, 0.4) is 0 Å². The Balaban J connectivity index is 0.00000133. The molecule has 0 bridgehead atoms. The first-order valence-electron chi connectivity index (χ1n) is 15.7. The fourth-order valence-electron chi connectivity index (χ4n) is 4.18. The number of alkyl carbamates (subject to hydrolysis) is 1. The van der Waals surface area contributed by atoms with Gasteiger partial charge in [-0.15, -0.1) is 0 Å². The van der Waals surface area contributed by atoms with E-state index in [0.717, 1.165) is 18.4 Å². The number of primary amides is 1. The molecule has 0 saturated heterocycles. The molecule has 9 nitrogen and oxygen atoms in total. The Morgan fingerprint density at radius 1 is 0.756 bits per heavy atom. The third kappa shape index (κ3) is 26.0. The van der Waals surface area contributed by atoms with E-state index in [1.165, 1.54) is 97.0 Å². The minimum absolute atomic E-state index is 0.00850. The number of amides is 2. The summed E-state index contributed by atoms with van der Waals surface area (Å²) in [5.41, 5.74) is 5.64. The predicted octanol–water partition coefficient (Wildman–Crippen LogP) is 7.76. The van der Waals surface area contributed by atoms with E-state index in [9.17, 15) is 14.4 Å². The number of carbonyl (C=O) groups excluding carboxylic acids is 3. The van der Waals surface area contributed by atoms with Crippen molar-refractivity contribution in [3.8, 4) is 0 Å². The lowest BCUT2D eigenvalue weighted by Crippen LogP contribution is -2.32. The first kappa shape index (κ1) is 38.3. The first-order valence-corrected chi connectivity index (χ1v) is 15.7. The van der Waals surface area contributed by atoms with E-state index in [-0.39, 0.29) is 19.0 Å². The standard InChI is InChI=1S/C24H48N2O5.C8H9NO/c1-3-4-5-6-7-8-9-10-11-12-13-14-15-16-17-18-19-26-24(28)31-21-22(29-2)20-30-23(25)27;1-2-8(10)7-3-5-9-6-4-7/h22H,3-21H2,1-2H3,(H2,25,27)(H,26,28);3-6H,2H2,1H3. The molecule has 1 rings (SSSR count). The number of ether oxygens (including phenoxy) is 3. The Morgan fingerprint density at radius 2 is 1.22 bits per heavy atom. The van der Waals surface area contributed by atoms with E-state index in [1.54, 1.807) is 24.5 Å². The third-order valence-corrected chi connectivity index (χ3v) is 6.77. The number of methoxy groups -OCH3 is 1. The van der Waals surface area contributed by atoms with Gasteiger partial charge in [0.2, 0.25) is 0 Å². The summed E-state index contributed by atoms with van der Waals surface area (Å²) < 4.78 is 14.7. The number of Topliss-reactive ketones (excluding diaryl/α,β-unsaturated/α-hetero) is 1. The van der Waals surface area contributed by atoms with Crippen molar-refractivity contribution < 1.29 is 28.6 Å². The highest BCUT2D eigenvalue weighted by Crippen LogP contribution is 2.13. The summed E-state index contributed by atoms with van der Waals surface area (Å²) >= 11 is 0. The highest BCUT2D eigenvalue weighted by atomic mass is 16.6. The first-order chi connectivity index (χ1) is 19.9. The van der Waals surface area contributed by atoms with Crippen LogP contribution in [0, 0.1) is 0 Å². The van der Waals surface area contributed by atoms with Crippen molar-refractivity contribution >= 4 is 18.0 Å². The Morgan fingerprint density at radius 3 is 1.66 bits per heavy atom. The molecule has 0 spiro atoms. The number of nitrogens with zero attached hydrogens (tertiary/aromatic N) is 1. The molecule has 0 radical (unpaired) electrons. The molecule has 0 saturated carbocycles. The number of pyridine rings is 1. The van der Waals surface area contributed by atoms with Crippen molar-refractivity contribution in [1.82, 2.24) is 10.3 Å². The number of nitrogens with two attached hydrogens (primary N) is 1. The fraction of sp³-hybridized carbons (Fsp3) is 0.750. The molecule has 1 heterocycles. The number of nitrogens with one attached hydrogen (secondary N) is 1. The van der Waals surface area contributed by atoms with Gasteiger partial charge in [0.1, 0.15) is 19.3 Å². The SMILES string of the molecule is CCC(=O)c1ccncc1.CCCCCCCCCCCCCCCCCCNC(=O)OCC(COC(N)=O)OC. The van der Waals surface area contributed by atoms with Gasteiger partial charge in [0.15, 0.2) is 5.78 Å². The van der Waals surface area contributed by atoms with Crippen LogP contribution >= 0.6 is 0 Å². The maximum atomic E-state index is 11.6. The van der Waals surface area contributed by atoms with Crippen LogP contribution in [0.5, 0.6) is 0 Å². The van der Waals surface area contributed by atoms with Crippen LogP contribution in [-0.4, -0.2) is 55.9 Å². The molecule has 236 valence electrons. The van der Waals surface area contributed by atoms with Crippen LogP contribution in [0.1, 0.15) is 133 Å². The number of unbranched alkanes of at least 4 members (excludes halogenated alkanes) is 15. The van der Waals surface area contributed by atoms with Gasteiger partial charge in [-0.1, -0.05) is 110 Å². The number of hydrogen-bond acceptors (Lipinski definition) is 7. The Labute approximate surface area is 248 Å². The summed E-state index contributed by atoms with van der Waals surface area (Å²) in [4.78, 5) is 37.0. The lowest BCUT2D eigenvalue weighted by atomic mass is 10.0. The number of rotatable bonds is 24. The average Bonchev–Trinajstić information content (AvgIpc) is 2.99. The lowest BCUT2D eigenvalue weighted by Gasteiger charge is -2.15. The molecule has 0 aliphatic carbocycles. The van der Waals surface area contributed by atoms with Crippen molar-refractivity contribution in [3.63, 3.8) is 0 Å². The molecule has 3 N–H and O–H groups in total. The molecule has 0 aliphatic heterocycles. The van der Waals surface area contributed by atoms with Gasteiger partial charge < -0.3 is 25.3 Å². The molecule has 0 fully saturated rings. The van der Waals surface area contributed by atoms with Gasteiger partial charge in [0.05, 0.1) is 0 Å². The van der Waals surface area contributed by atoms with Gasteiger partial charge >= 0.3 is 12.2 Å². The van der Waals surface area contributed by atoms with Gasteiger partial charge in [-0.3, -0.25) is 9.78 Å². The molecule has 1 unspecified atom stereocenters. The summed E-state index contributed by atoms with van der Waals surface area (Å²) in [5, 5.41) is 2.73. The molecule has 2 amide bonds. The van der Waals surface area contributed by atoms with Crippen LogP contribution in [0.4, 0.5) is 9.59 Å². The largest absolute Gasteiger partial charge is 0.447 e. The van der Waals surface area contributed by atoms with E-state index >= 15 is 0 Å². The minimum atomic E-state index is -0.880. The zero-order valence-corrected chi connectivity index (χ0v) is 26.0. The quantitative estimate of drug-likeness (QED) is 0.0945. The number of hydrogen-bond donors (Lipinski definition) is 2. The number of carbonyl (C=O) groups is 3. The van der Waals surface area contributed by atoms with Crippen molar-refractivity contribution in [1.29, 1.82) is 0 Å². The molecule has 1 atom stereocenters. The molecule has 41 heavy (non-hydrogen) atoms. The third-order valence-electron chi connectivity index (χ3n) is 6.77. The van der Waals surface area contributed by atoms with Crippen LogP contribution in [-0.2, 0) is 14.2 Å². The molecular formula is C32H57N3O6. The van der Waals surface area contributed by atoms with Crippen LogP contribution in [0.25, 0.3) is 0 Å². The lowest BCUT2D eigenvalue weighted by molar-refractivity contribution is -0.00291. The summed E-state index contributed by atoms with van der Waals surface area (Å²) in [6.45, 7) is 4.69. The molecular weight excluding hydrogens is 522 g/mol. The maximum Gasteiger partial charge on any atom is 0.407 e. The minimum Gasteiger partial charge on any atom is -0.447 e. The summed E-state index contributed by atoms with van der Waals surface area (Å²) in [7, 11) is 1.45. The van der Waals surface area contributed by atoms with E-state index in [1.807, 2.05) is 6.92 Å². The van der Waals surface area contributed by atoms with Crippen molar-refractivity contribution in [2.45, 2.75) is 129 Å². The van der Waals surface area contributed by atoms with Gasteiger partial charge in [0, 0.05) is 38.0 Å². The second-order valence-electron chi connectivity index (χ2n) is 10.3. The number of ketones is 1. The smallest absolute Gasteiger partial charge is 0.407 e. The highest BCUT2D eigenvalue weighted by Gasteiger charge is 2.12. The predicted molar refractivity (Wildman–Crippen MR) is 164 cm³/mol. The van der Waals surface area contributed by atoms with Crippen molar-refractivity contribution in [3.05, 3.63) is 30.1 Å². The van der Waals surface area contributed by atoms with Crippen molar-refractivity contribution in [2.24, 2.45) is 5.73 Å². The van der Waals surface area contributed by atoms with Gasteiger partial charge in [-0.05, 0) is 18.6 Å². The number of aromatic nitrogens is 1. The second-order valence-corrected chi connectivity index (χ2v) is 10.3. The zero-order valence-electron chi connectivity index (χ0n) is 26.0.